The van der Waals surface area contributed by atoms with Crippen LogP contribution in [0.4, 0.5) is 4.79 Å². The van der Waals surface area contributed by atoms with Gasteiger partial charge < -0.3 is 20.0 Å². The van der Waals surface area contributed by atoms with E-state index in [0.29, 0.717) is 38.9 Å². The van der Waals surface area contributed by atoms with Crippen molar-refractivity contribution in [1.82, 2.24) is 9.80 Å². The molecular formula is C14H26N2O4. The average molecular weight is 286 g/mol. The summed E-state index contributed by atoms with van der Waals surface area (Å²) >= 11 is 0. The Hall–Kier alpha value is -1.30. The number of likely N-dealkylation sites (tertiary alicyclic amines) is 1. The van der Waals surface area contributed by atoms with Crippen LogP contribution in [0, 0.1) is 0 Å². The maximum absolute atomic E-state index is 12.6. The minimum Gasteiger partial charge on any atom is -0.479 e. The molecule has 20 heavy (non-hydrogen) atoms. The largest absolute Gasteiger partial charge is 0.479 e. The van der Waals surface area contributed by atoms with Crippen LogP contribution in [0.3, 0.4) is 0 Å². The lowest BCUT2D eigenvalue weighted by Crippen LogP contribution is -2.56. The smallest absolute Gasteiger partial charge is 0.329 e. The maximum Gasteiger partial charge on any atom is 0.329 e. The molecule has 0 aliphatic carbocycles. The van der Waals surface area contributed by atoms with E-state index in [2.05, 4.69) is 0 Å². The third-order valence-corrected chi connectivity index (χ3v) is 4.02. The molecule has 1 atom stereocenters. The van der Waals surface area contributed by atoms with Crippen molar-refractivity contribution in [2.75, 3.05) is 26.2 Å². The lowest BCUT2D eigenvalue weighted by atomic mass is 9.91. The number of rotatable bonds is 7. The van der Waals surface area contributed by atoms with Crippen molar-refractivity contribution in [3.63, 3.8) is 0 Å². The molecule has 0 aromatic carbocycles. The topological polar surface area (TPSA) is 81.1 Å². The highest BCUT2D eigenvalue weighted by Gasteiger charge is 2.49. The Labute approximate surface area is 120 Å². The van der Waals surface area contributed by atoms with Crippen LogP contribution >= 0.6 is 0 Å². The maximum atomic E-state index is 12.6. The number of carbonyl (C=O) groups is 2. The van der Waals surface area contributed by atoms with Crippen molar-refractivity contribution in [2.45, 2.75) is 51.5 Å². The van der Waals surface area contributed by atoms with E-state index in [0.717, 1.165) is 12.8 Å². The van der Waals surface area contributed by atoms with Crippen LogP contribution in [0.2, 0.25) is 0 Å². The molecule has 0 radical (unpaired) electrons. The Kier molecular flexibility index (Phi) is 6.26. The van der Waals surface area contributed by atoms with Gasteiger partial charge in [0.25, 0.3) is 0 Å². The van der Waals surface area contributed by atoms with Crippen molar-refractivity contribution in [1.29, 1.82) is 0 Å². The number of aliphatic carboxylic acids is 1. The zero-order valence-electron chi connectivity index (χ0n) is 12.5. The number of nitrogens with zero attached hydrogens (tertiary/aromatic N) is 2. The first-order chi connectivity index (χ1) is 9.53. The van der Waals surface area contributed by atoms with Gasteiger partial charge in [0.15, 0.2) is 0 Å². The third kappa shape index (κ3) is 3.23. The summed E-state index contributed by atoms with van der Waals surface area (Å²) in [5, 5.41) is 18.5. The average Bonchev–Trinajstić information content (AvgIpc) is 2.85. The molecule has 1 fully saturated rings. The first-order valence-corrected chi connectivity index (χ1v) is 7.44. The highest BCUT2D eigenvalue weighted by molar-refractivity contribution is 5.87. The fraction of sp³-hybridized carbons (Fsp3) is 0.857. The molecule has 1 aliphatic rings. The normalized spacial score (nSPS) is 22.1. The first-order valence-electron chi connectivity index (χ1n) is 7.44. The first kappa shape index (κ1) is 16.8. The van der Waals surface area contributed by atoms with Crippen molar-refractivity contribution in [3.8, 4) is 0 Å². The minimum absolute atomic E-state index is 0.0306. The van der Waals surface area contributed by atoms with Gasteiger partial charge in [-0.15, -0.1) is 0 Å². The number of hydrogen-bond donors (Lipinski definition) is 2. The lowest BCUT2D eigenvalue weighted by molar-refractivity contribution is -0.148. The molecule has 1 unspecified atom stereocenters. The Morgan fingerprint density at radius 3 is 2.55 bits per heavy atom. The lowest BCUT2D eigenvalue weighted by Gasteiger charge is -2.37. The number of aliphatic hydroxyl groups excluding tert-OH is 1. The summed E-state index contributed by atoms with van der Waals surface area (Å²) < 4.78 is 0. The molecule has 0 aromatic rings. The van der Waals surface area contributed by atoms with Gasteiger partial charge >= 0.3 is 12.0 Å². The third-order valence-electron chi connectivity index (χ3n) is 4.02. The Balaban J connectivity index is 2.90. The monoisotopic (exact) mass is 286 g/mol. The van der Waals surface area contributed by atoms with Crippen LogP contribution in [0.1, 0.15) is 46.0 Å². The van der Waals surface area contributed by atoms with E-state index >= 15 is 0 Å². The summed E-state index contributed by atoms with van der Waals surface area (Å²) in [5.41, 5.74) is -1.04. The van der Waals surface area contributed by atoms with Crippen LogP contribution in [0.25, 0.3) is 0 Å². The summed E-state index contributed by atoms with van der Waals surface area (Å²) in [6.07, 6.45) is 3.00. The zero-order chi connectivity index (χ0) is 15.2. The van der Waals surface area contributed by atoms with E-state index in [-0.39, 0.29) is 12.6 Å². The minimum atomic E-state index is -1.04. The van der Waals surface area contributed by atoms with Crippen LogP contribution in [-0.4, -0.2) is 63.8 Å². The van der Waals surface area contributed by atoms with Crippen LogP contribution < -0.4 is 0 Å². The summed E-state index contributed by atoms with van der Waals surface area (Å²) in [4.78, 5) is 27.4. The van der Waals surface area contributed by atoms with Gasteiger partial charge in [0.05, 0.1) is 0 Å². The Morgan fingerprint density at radius 2 is 2.05 bits per heavy atom. The van der Waals surface area contributed by atoms with Gasteiger partial charge in [0, 0.05) is 26.2 Å². The van der Waals surface area contributed by atoms with E-state index in [9.17, 15) is 14.7 Å². The molecule has 1 heterocycles. The van der Waals surface area contributed by atoms with Crippen molar-refractivity contribution < 1.29 is 19.8 Å². The molecule has 1 saturated heterocycles. The van der Waals surface area contributed by atoms with E-state index in [1.165, 1.54) is 4.90 Å². The molecule has 0 saturated carbocycles. The van der Waals surface area contributed by atoms with Crippen LogP contribution in [0.15, 0.2) is 0 Å². The molecule has 6 heteroatoms. The van der Waals surface area contributed by atoms with Gasteiger partial charge in [0.1, 0.15) is 5.54 Å². The summed E-state index contributed by atoms with van der Waals surface area (Å²) in [6.45, 7) is 5.33. The van der Waals surface area contributed by atoms with Crippen molar-refractivity contribution in [3.05, 3.63) is 0 Å². The van der Waals surface area contributed by atoms with Gasteiger partial charge in [-0.25, -0.2) is 9.59 Å². The van der Waals surface area contributed by atoms with Crippen molar-refractivity contribution >= 4 is 12.0 Å². The van der Waals surface area contributed by atoms with Gasteiger partial charge in [-0.05, 0) is 32.6 Å². The summed E-state index contributed by atoms with van der Waals surface area (Å²) in [5.74, 6) is -0.900. The molecular weight excluding hydrogens is 260 g/mol. The number of carboxylic acid groups (broad SMARTS) is 1. The second-order valence-corrected chi connectivity index (χ2v) is 5.28. The fourth-order valence-corrected chi connectivity index (χ4v) is 2.98. The predicted molar refractivity (Wildman–Crippen MR) is 75.6 cm³/mol. The number of carbonyl (C=O) groups excluding carboxylic acids is 1. The molecule has 116 valence electrons. The zero-order valence-corrected chi connectivity index (χ0v) is 12.5. The van der Waals surface area contributed by atoms with E-state index < -0.39 is 11.5 Å². The predicted octanol–water partition coefficient (Wildman–Crippen LogP) is 1.53. The second kappa shape index (κ2) is 7.47. The highest BCUT2D eigenvalue weighted by atomic mass is 16.4. The molecule has 6 nitrogen and oxygen atoms in total. The summed E-state index contributed by atoms with van der Waals surface area (Å²) in [7, 11) is 0. The standard InChI is InChI=1S/C14H26N2O4/c1-3-7-14(12(18)19)8-5-10-16(14)13(20)15(4-2)9-6-11-17/h17H,3-11H2,1-2H3,(H,18,19). The SMILES string of the molecule is CCCC1(C(=O)O)CCCN1C(=O)N(CC)CCCO. The molecule has 0 aromatic heterocycles. The van der Waals surface area contributed by atoms with E-state index in [1.54, 1.807) is 4.90 Å². The molecule has 2 amide bonds. The van der Waals surface area contributed by atoms with Gasteiger partial charge in [-0.2, -0.15) is 0 Å². The van der Waals surface area contributed by atoms with E-state index in [4.69, 9.17) is 5.11 Å². The Morgan fingerprint density at radius 1 is 1.35 bits per heavy atom. The fourth-order valence-electron chi connectivity index (χ4n) is 2.98. The van der Waals surface area contributed by atoms with Crippen molar-refractivity contribution in [2.24, 2.45) is 0 Å². The quantitative estimate of drug-likeness (QED) is 0.743. The summed E-state index contributed by atoms with van der Waals surface area (Å²) in [6, 6.07) is -0.214. The number of aliphatic hydroxyl groups is 1. The molecule has 1 rings (SSSR count). The highest BCUT2D eigenvalue weighted by Crippen LogP contribution is 2.34. The van der Waals surface area contributed by atoms with Gasteiger partial charge in [-0.1, -0.05) is 13.3 Å². The molecule has 0 spiro atoms. The molecule has 0 bridgehead atoms. The molecule has 2 N–H and O–H groups in total. The van der Waals surface area contributed by atoms with Crippen LogP contribution in [0.5, 0.6) is 0 Å². The van der Waals surface area contributed by atoms with E-state index in [1.807, 2.05) is 13.8 Å². The number of urea groups is 1. The van der Waals surface area contributed by atoms with Gasteiger partial charge in [-0.3, -0.25) is 0 Å². The van der Waals surface area contributed by atoms with Gasteiger partial charge in [0.2, 0.25) is 0 Å². The molecule has 1 aliphatic heterocycles. The number of hydrogen-bond acceptors (Lipinski definition) is 3. The number of carboxylic acids is 1. The second-order valence-electron chi connectivity index (χ2n) is 5.28. The van der Waals surface area contributed by atoms with Crippen LogP contribution in [-0.2, 0) is 4.79 Å². The Bertz CT molecular complexity index is 348. The number of amides is 2.